The van der Waals surface area contributed by atoms with Crippen LogP contribution in [-0.2, 0) is 5.88 Å². The number of hydrogen-bond donors (Lipinski definition) is 0. The van der Waals surface area contributed by atoms with Crippen molar-refractivity contribution >= 4 is 11.6 Å². The van der Waals surface area contributed by atoms with Crippen molar-refractivity contribution in [1.29, 1.82) is 0 Å². The van der Waals surface area contributed by atoms with Crippen LogP contribution in [-0.4, -0.2) is 9.97 Å². The molecule has 0 amide bonds. The van der Waals surface area contributed by atoms with E-state index in [0.717, 1.165) is 0 Å². The molecule has 0 spiro atoms. The highest BCUT2D eigenvalue weighted by atomic mass is 35.5. The summed E-state index contributed by atoms with van der Waals surface area (Å²) in [6.45, 7) is 0. The minimum absolute atomic E-state index is 0.0561. The lowest BCUT2D eigenvalue weighted by Crippen LogP contribution is -1.96. The zero-order valence-electron chi connectivity index (χ0n) is 5.47. The van der Waals surface area contributed by atoms with E-state index in [4.69, 9.17) is 11.6 Å². The molecule has 2 nitrogen and oxygen atoms in total. The minimum atomic E-state index is -2.56. The van der Waals surface area contributed by atoms with Gasteiger partial charge in [0.05, 0.1) is 5.88 Å². The summed E-state index contributed by atoms with van der Waals surface area (Å²) >= 11 is 5.33. The number of alkyl halides is 3. The smallest absolute Gasteiger partial charge is 0.240 e. The summed E-state index contributed by atoms with van der Waals surface area (Å²) in [5, 5.41) is 0. The Labute approximate surface area is 67.2 Å². The largest absolute Gasteiger partial charge is 0.280 e. The molecule has 0 N–H and O–H groups in total. The lowest BCUT2D eigenvalue weighted by Gasteiger charge is -1.98. The molecular weight excluding hydrogens is 174 g/mol. The van der Waals surface area contributed by atoms with Crippen molar-refractivity contribution in [3.05, 3.63) is 23.8 Å². The molecule has 1 rings (SSSR count). The molecule has 1 heterocycles. The van der Waals surface area contributed by atoms with Gasteiger partial charge in [-0.3, -0.25) is 0 Å². The SMILES string of the molecule is FC(F)c1ccnc(CCl)n1. The van der Waals surface area contributed by atoms with Crippen LogP contribution in [0.1, 0.15) is 17.9 Å². The van der Waals surface area contributed by atoms with E-state index >= 15 is 0 Å². The van der Waals surface area contributed by atoms with Crippen LogP contribution in [0.4, 0.5) is 8.78 Å². The Bertz CT molecular complexity index is 242. The predicted molar refractivity (Wildman–Crippen MR) is 36.5 cm³/mol. The van der Waals surface area contributed by atoms with E-state index in [1.807, 2.05) is 0 Å². The van der Waals surface area contributed by atoms with E-state index in [9.17, 15) is 8.78 Å². The summed E-state index contributed by atoms with van der Waals surface area (Å²) in [5.41, 5.74) is -0.282. The number of rotatable bonds is 2. The normalized spacial score (nSPS) is 10.5. The predicted octanol–water partition coefficient (Wildman–Crippen LogP) is 2.15. The second-order valence-electron chi connectivity index (χ2n) is 1.83. The maximum atomic E-state index is 12.0. The first-order chi connectivity index (χ1) is 5.24. The molecule has 0 aliphatic rings. The van der Waals surface area contributed by atoms with Crippen molar-refractivity contribution in [2.75, 3.05) is 0 Å². The lowest BCUT2D eigenvalue weighted by molar-refractivity contribution is 0.145. The van der Waals surface area contributed by atoms with Crippen LogP contribution in [0.5, 0.6) is 0 Å². The van der Waals surface area contributed by atoms with Gasteiger partial charge in [-0.2, -0.15) is 0 Å². The number of hydrogen-bond acceptors (Lipinski definition) is 2. The fourth-order valence-electron chi connectivity index (χ4n) is 0.601. The van der Waals surface area contributed by atoms with E-state index in [-0.39, 0.29) is 17.4 Å². The van der Waals surface area contributed by atoms with Crippen molar-refractivity contribution in [3.63, 3.8) is 0 Å². The Balaban J connectivity index is 2.91. The third-order valence-corrected chi connectivity index (χ3v) is 1.31. The molecule has 0 atom stereocenters. The van der Waals surface area contributed by atoms with E-state index in [1.54, 1.807) is 0 Å². The number of halogens is 3. The Hall–Kier alpha value is -0.770. The zero-order valence-corrected chi connectivity index (χ0v) is 6.22. The maximum absolute atomic E-state index is 12.0. The van der Waals surface area contributed by atoms with Crippen LogP contribution < -0.4 is 0 Å². The Kier molecular flexibility index (Phi) is 2.70. The molecule has 5 heteroatoms. The van der Waals surface area contributed by atoms with Crippen LogP contribution in [0.3, 0.4) is 0 Å². The van der Waals surface area contributed by atoms with Crippen LogP contribution in [0.2, 0.25) is 0 Å². The molecule has 0 radical (unpaired) electrons. The molecule has 0 aromatic carbocycles. The van der Waals surface area contributed by atoms with Gasteiger partial charge in [0.1, 0.15) is 11.5 Å². The third-order valence-electron chi connectivity index (χ3n) is 1.07. The van der Waals surface area contributed by atoms with Crippen LogP contribution in [0.15, 0.2) is 12.3 Å². The van der Waals surface area contributed by atoms with E-state index in [2.05, 4.69) is 9.97 Å². The summed E-state index contributed by atoms with van der Waals surface area (Å²) < 4.78 is 23.9. The van der Waals surface area contributed by atoms with Crippen molar-refractivity contribution in [2.45, 2.75) is 12.3 Å². The molecule has 0 bridgehead atoms. The van der Waals surface area contributed by atoms with Crippen LogP contribution in [0, 0.1) is 0 Å². The average molecular weight is 179 g/mol. The average Bonchev–Trinajstić information content (AvgIpc) is 2.05. The monoisotopic (exact) mass is 178 g/mol. The van der Waals surface area contributed by atoms with Crippen molar-refractivity contribution < 1.29 is 8.78 Å². The third kappa shape index (κ3) is 2.08. The molecule has 11 heavy (non-hydrogen) atoms. The van der Waals surface area contributed by atoms with E-state index < -0.39 is 6.43 Å². The Morgan fingerprint density at radius 3 is 2.82 bits per heavy atom. The van der Waals surface area contributed by atoms with Gasteiger partial charge in [0.2, 0.25) is 0 Å². The highest BCUT2D eigenvalue weighted by molar-refractivity contribution is 6.16. The van der Waals surface area contributed by atoms with Gasteiger partial charge in [0, 0.05) is 6.20 Å². The van der Waals surface area contributed by atoms with Crippen molar-refractivity contribution in [1.82, 2.24) is 9.97 Å². The van der Waals surface area contributed by atoms with E-state index in [1.165, 1.54) is 12.3 Å². The summed E-state index contributed by atoms with van der Waals surface area (Å²) in [6.07, 6.45) is -1.29. The number of nitrogens with zero attached hydrogens (tertiary/aromatic N) is 2. The van der Waals surface area contributed by atoms with Gasteiger partial charge < -0.3 is 0 Å². The molecule has 0 aliphatic carbocycles. The van der Waals surface area contributed by atoms with Gasteiger partial charge in [-0.1, -0.05) is 0 Å². The Morgan fingerprint density at radius 1 is 1.55 bits per heavy atom. The highest BCUT2D eigenvalue weighted by Gasteiger charge is 2.08. The maximum Gasteiger partial charge on any atom is 0.280 e. The topological polar surface area (TPSA) is 25.8 Å². The second-order valence-corrected chi connectivity index (χ2v) is 2.10. The zero-order chi connectivity index (χ0) is 8.27. The summed E-state index contributed by atoms with van der Waals surface area (Å²) in [4.78, 5) is 7.16. The quantitative estimate of drug-likeness (QED) is 0.649. The second kappa shape index (κ2) is 3.57. The standard InChI is InChI=1S/C6H5ClF2N2/c7-3-5-10-2-1-4(11-5)6(8)9/h1-2,6H,3H2. The first-order valence-corrected chi connectivity index (χ1v) is 3.43. The fourth-order valence-corrected chi connectivity index (χ4v) is 0.730. The van der Waals surface area contributed by atoms with Gasteiger partial charge in [-0.15, -0.1) is 11.6 Å². The van der Waals surface area contributed by atoms with Crippen LogP contribution in [0.25, 0.3) is 0 Å². The van der Waals surface area contributed by atoms with Crippen molar-refractivity contribution in [2.24, 2.45) is 0 Å². The summed E-state index contributed by atoms with van der Waals surface area (Å²) in [5.74, 6) is 0.282. The molecule has 1 aromatic heterocycles. The number of aromatic nitrogens is 2. The molecular formula is C6H5ClF2N2. The van der Waals surface area contributed by atoms with Crippen molar-refractivity contribution in [3.8, 4) is 0 Å². The fraction of sp³-hybridized carbons (Fsp3) is 0.333. The first-order valence-electron chi connectivity index (χ1n) is 2.90. The molecule has 0 unspecified atom stereocenters. The molecule has 0 fully saturated rings. The molecule has 60 valence electrons. The molecule has 0 saturated carbocycles. The summed E-state index contributed by atoms with van der Waals surface area (Å²) in [7, 11) is 0. The Morgan fingerprint density at radius 2 is 2.27 bits per heavy atom. The lowest BCUT2D eigenvalue weighted by atomic mass is 10.4. The molecule has 1 aromatic rings. The molecule has 0 aliphatic heterocycles. The summed E-state index contributed by atoms with van der Waals surface area (Å²) in [6, 6.07) is 1.17. The van der Waals surface area contributed by atoms with Gasteiger partial charge in [-0.05, 0) is 6.07 Å². The minimum Gasteiger partial charge on any atom is -0.240 e. The van der Waals surface area contributed by atoms with Gasteiger partial charge >= 0.3 is 0 Å². The van der Waals surface area contributed by atoms with Gasteiger partial charge in [0.25, 0.3) is 6.43 Å². The molecule has 0 saturated heterocycles. The highest BCUT2D eigenvalue weighted by Crippen LogP contribution is 2.15. The van der Waals surface area contributed by atoms with Gasteiger partial charge in [-0.25, -0.2) is 18.7 Å². The van der Waals surface area contributed by atoms with Crippen LogP contribution >= 0.6 is 11.6 Å². The first kappa shape index (κ1) is 8.33. The van der Waals surface area contributed by atoms with E-state index in [0.29, 0.717) is 0 Å². The van der Waals surface area contributed by atoms with Gasteiger partial charge in [0.15, 0.2) is 0 Å².